The Morgan fingerprint density at radius 3 is 2.75 bits per heavy atom. The SMILES string of the molecule is Cc1ccc(C)c(NC(=O)CSc2ncnc3c(-c4ccccc4)c[nH]c23)c1. The van der Waals surface area contributed by atoms with Crippen LogP contribution in [-0.2, 0) is 4.79 Å². The van der Waals surface area contributed by atoms with Crippen LogP contribution in [0.4, 0.5) is 5.69 Å². The molecule has 0 radical (unpaired) electrons. The van der Waals surface area contributed by atoms with Crippen molar-refractivity contribution >= 4 is 34.4 Å². The molecular formula is C22H20N4OS. The number of amides is 1. The van der Waals surface area contributed by atoms with E-state index in [0.29, 0.717) is 0 Å². The van der Waals surface area contributed by atoms with Crippen molar-refractivity contribution in [2.24, 2.45) is 0 Å². The molecule has 2 aromatic carbocycles. The molecule has 4 rings (SSSR count). The van der Waals surface area contributed by atoms with Gasteiger partial charge in [0.25, 0.3) is 0 Å². The van der Waals surface area contributed by atoms with Gasteiger partial charge in [0.05, 0.1) is 11.3 Å². The fourth-order valence-corrected chi connectivity index (χ4v) is 3.82. The fraction of sp³-hybridized carbons (Fsp3) is 0.136. The predicted molar refractivity (Wildman–Crippen MR) is 115 cm³/mol. The molecule has 0 aliphatic carbocycles. The van der Waals surface area contributed by atoms with Crippen molar-refractivity contribution in [2.45, 2.75) is 18.9 Å². The van der Waals surface area contributed by atoms with Crippen LogP contribution >= 0.6 is 11.8 Å². The average molecular weight is 388 g/mol. The zero-order chi connectivity index (χ0) is 19.5. The fourth-order valence-electron chi connectivity index (χ4n) is 3.05. The molecule has 140 valence electrons. The lowest BCUT2D eigenvalue weighted by molar-refractivity contribution is -0.113. The van der Waals surface area contributed by atoms with Gasteiger partial charge in [-0.05, 0) is 36.6 Å². The molecule has 1 amide bonds. The van der Waals surface area contributed by atoms with Gasteiger partial charge >= 0.3 is 0 Å². The number of anilines is 1. The minimum Gasteiger partial charge on any atom is -0.357 e. The topological polar surface area (TPSA) is 70.7 Å². The van der Waals surface area contributed by atoms with E-state index in [1.807, 2.05) is 56.4 Å². The van der Waals surface area contributed by atoms with Crippen LogP contribution in [0.25, 0.3) is 22.2 Å². The molecule has 0 aliphatic heterocycles. The summed E-state index contributed by atoms with van der Waals surface area (Å²) >= 11 is 1.40. The van der Waals surface area contributed by atoms with Crippen LogP contribution in [0.2, 0.25) is 0 Å². The van der Waals surface area contributed by atoms with E-state index in [1.165, 1.54) is 11.8 Å². The Labute approximate surface area is 167 Å². The van der Waals surface area contributed by atoms with Crippen molar-refractivity contribution < 1.29 is 4.79 Å². The number of aryl methyl sites for hydroxylation is 2. The summed E-state index contributed by atoms with van der Waals surface area (Å²) in [6.07, 6.45) is 3.49. The zero-order valence-electron chi connectivity index (χ0n) is 15.7. The molecule has 0 unspecified atom stereocenters. The first-order chi connectivity index (χ1) is 13.6. The number of fused-ring (bicyclic) bond motifs is 1. The first-order valence-electron chi connectivity index (χ1n) is 8.99. The minimum absolute atomic E-state index is 0.0553. The van der Waals surface area contributed by atoms with E-state index in [2.05, 4.69) is 32.4 Å². The van der Waals surface area contributed by atoms with Gasteiger partial charge in [-0.25, -0.2) is 9.97 Å². The van der Waals surface area contributed by atoms with Crippen molar-refractivity contribution in [3.8, 4) is 11.1 Å². The summed E-state index contributed by atoms with van der Waals surface area (Å²) in [5.41, 5.74) is 6.85. The molecule has 0 bridgehead atoms. The average Bonchev–Trinajstić information content (AvgIpc) is 3.14. The molecule has 2 heterocycles. The van der Waals surface area contributed by atoms with Crippen molar-refractivity contribution in [1.82, 2.24) is 15.0 Å². The molecule has 0 saturated heterocycles. The third kappa shape index (κ3) is 3.77. The lowest BCUT2D eigenvalue weighted by Gasteiger charge is -2.09. The molecule has 2 N–H and O–H groups in total. The lowest BCUT2D eigenvalue weighted by Crippen LogP contribution is -2.15. The highest BCUT2D eigenvalue weighted by Crippen LogP contribution is 2.31. The Morgan fingerprint density at radius 2 is 1.93 bits per heavy atom. The summed E-state index contributed by atoms with van der Waals surface area (Å²) in [7, 11) is 0. The van der Waals surface area contributed by atoms with E-state index < -0.39 is 0 Å². The number of carbonyl (C=O) groups excluding carboxylic acids is 1. The van der Waals surface area contributed by atoms with E-state index in [9.17, 15) is 4.79 Å². The Morgan fingerprint density at radius 1 is 1.11 bits per heavy atom. The van der Waals surface area contributed by atoms with Gasteiger partial charge in [-0.15, -0.1) is 0 Å². The molecule has 4 aromatic rings. The van der Waals surface area contributed by atoms with Crippen LogP contribution in [0, 0.1) is 13.8 Å². The van der Waals surface area contributed by atoms with Gasteiger partial charge in [0, 0.05) is 17.4 Å². The molecule has 0 fully saturated rings. The van der Waals surface area contributed by atoms with Gasteiger partial charge in [-0.3, -0.25) is 4.79 Å². The Kier molecular flexibility index (Phi) is 5.12. The van der Waals surface area contributed by atoms with Gasteiger partial charge in [0.1, 0.15) is 16.9 Å². The molecule has 0 atom stereocenters. The van der Waals surface area contributed by atoms with Gasteiger partial charge in [-0.1, -0.05) is 54.2 Å². The molecular weight excluding hydrogens is 368 g/mol. The highest BCUT2D eigenvalue weighted by Gasteiger charge is 2.13. The number of hydrogen-bond donors (Lipinski definition) is 2. The van der Waals surface area contributed by atoms with Gasteiger partial charge in [0.2, 0.25) is 5.91 Å². The standard InChI is InChI=1S/C22H20N4OS/c1-14-8-9-15(2)18(10-14)26-19(27)12-28-22-21-20(24-13-25-22)17(11-23-21)16-6-4-3-5-7-16/h3-11,13,23H,12H2,1-2H3,(H,26,27). The third-order valence-electron chi connectivity index (χ3n) is 4.52. The van der Waals surface area contributed by atoms with Crippen LogP contribution in [0.5, 0.6) is 0 Å². The van der Waals surface area contributed by atoms with Crippen LogP contribution in [-0.4, -0.2) is 26.6 Å². The van der Waals surface area contributed by atoms with Crippen molar-refractivity contribution in [2.75, 3.05) is 11.1 Å². The summed E-state index contributed by atoms with van der Waals surface area (Å²) < 4.78 is 0. The van der Waals surface area contributed by atoms with E-state index in [4.69, 9.17) is 0 Å². The van der Waals surface area contributed by atoms with E-state index in [0.717, 1.165) is 44.0 Å². The number of nitrogens with zero attached hydrogens (tertiary/aromatic N) is 2. The van der Waals surface area contributed by atoms with Crippen LogP contribution in [0.15, 0.2) is 66.1 Å². The Bertz CT molecular complexity index is 1140. The first-order valence-corrected chi connectivity index (χ1v) is 9.98. The molecule has 0 spiro atoms. The van der Waals surface area contributed by atoms with Crippen molar-refractivity contribution in [3.05, 3.63) is 72.2 Å². The van der Waals surface area contributed by atoms with Crippen molar-refractivity contribution in [3.63, 3.8) is 0 Å². The normalized spacial score (nSPS) is 10.9. The second-order valence-corrected chi connectivity index (χ2v) is 7.59. The molecule has 5 nitrogen and oxygen atoms in total. The van der Waals surface area contributed by atoms with Crippen LogP contribution < -0.4 is 5.32 Å². The minimum atomic E-state index is -0.0553. The number of benzene rings is 2. The second kappa shape index (κ2) is 7.86. The predicted octanol–water partition coefficient (Wildman–Crippen LogP) is 4.97. The zero-order valence-corrected chi connectivity index (χ0v) is 16.5. The number of carbonyl (C=O) groups is 1. The van der Waals surface area contributed by atoms with E-state index in [-0.39, 0.29) is 11.7 Å². The second-order valence-electron chi connectivity index (χ2n) is 6.63. The summed E-state index contributed by atoms with van der Waals surface area (Å²) in [4.78, 5) is 24.5. The summed E-state index contributed by atoms with van der Waals surface area (Å²) in [5, 5.41) is 3.75. The number of aromatic amines is 1. The summed E-state index contributed by atoms with van der Waals surface area (Å²) in [5.74, 6) is 0.222. The number of aromatic nitrogens is 3. The first kappa shape index (κ1) is 18.3. The number of H-pyrrole nitrogens is 1. The number of rotatable bonds is 5. The molecule has 2 aromatic heterocycles. The molecule has 0 saturated carbocycles. The maximum absolute atomic E-state index is 12.4. The maximum atomic E-state index is 12.4. The number of thioether (sulfide) groups is 1. The summed E-state index contributed by atoms with van der Waals surface area (Å²) in [6, 6.07) is 16.1. The largest absolute Gasteiger partial charge is 0.357 e. The number of nitrogens with one attached hydrogen (secondary N) is 2. The molecule has 0 aliphatic rings. The monoisotopic (exact) mass is 388 g/mol. The quantitative estimate of drug-likeness (QED) is 0.374. The molecule has 6 heteroatoms. The van der Waals surface area contributed by atoms with E-state index >= 15 is 0 Å². The summed E-state index contributed by atoms with van der Waals surface area (Å²) in [6.45, 7) is 4.00. The van der Waals surface area contributed by atoms with Crippen LogP contribution in [0.3, 0.4) is 0 Å². The van der Waals surface area contributed by atoms with Gasteiger partial charge in [0.15, 0.2) is 0 Å². The van der Waals surface area contributed by atoms with Crippen molar-refractivity contribution in [1.29, 1.82) is 0 Å². The van der Waals surface area contributed by atoms with Gasteiger partial charge in [-0.2, -0.15) is 0 Å². The highest BCUT2D eigenvalue weighted by atomic mass is 32.2. The number of hydrogen-bond acceptors (Lipinski definition) is 4. The smallest absolute Gasteiger partial charge is 0.234 e. The Hall–Kier alpha value is -3.12. The maximum Gasteiger partial charge on any atom is 0.234 e. The third-order valence-corrected chi connectivity index (χ3v) is 5.51. The Balaban J connectivity index is 1.52. The van der Waals surface area contributed by atoms with E-state index in [1.54, 1.807) is 6.33 Å². The van der Waals surface area contributed by atoms with Gasteiger partial charge < -0.3 is 10.3 Å². The highest BCUT2D eigenvalue weighted by molar-refractivity contribution is 8.00. The van der Waals surface area contributed by atoms with Crippen LogP contribution in [0.1, 0.15) is 11.1 Å². The molecule has 28 heavy (non-hydrogen) atoms. The lowest BCUT2D eigenvalue weighted by atomic mass is 10.1.